The lowest BCUT2D eigenvalue weighted by molar-refractivity contribution is 0.0519. The fraction of sp³-hybridized carbons (Fsp3) is 1.00. The molecule has 0 heteroatoms. The van der Waals surface area contributed by atoms with E-state index in [0.29, 0.717) is 0 Å². The van der Waals surface area contributed by atoms with Crippen molar-refractivity contribution in [3.63, 3.8) is 0 Å². The standard InChI is InChI=1S/C22H44/c1-8-9-18(6)14-22-15-21(19(22)7)13-12-20(17(4)5)11-10-16(2)3/h16-22H,8-15H2,1-7H3. The maximum absolute atomic E-state index is 2.54. The predicted octanol–water partition coefficient (Wildman–Crippen LogP) is 7.57. The van der Waals surface area contributed by atoms with Gasteiger partial charge in [-0.2, -0.15) is 0 Å². The van der Waals surface area contributed by atoms with Crippen molar-refractivity contribution in [2.75, 3.05) is 0 Å². The summed E-state index contributed by atoms with van der Waals surface area (Å²) < 4.78 is 0. The molecule has 0 nitrogen and oxygen atoms in total. The van der Waals surface area contributed by atoms with Gasteiger partial charge in [0.2, 0.25) is 0 Å². The van der Waals surface area contributed by atoms with E-state index in [1.165, 1.54) is 51.4 Å². The molecule has 1 fully saturated rings. The summed E-state index contributed by atoms with van der Waals surface area (Å²) in [6.45, 7) is 16.9. The Labute approximate surface area is 141 Å². The average molecular weight is 309 g/mol. The van der Waals surface area contributed by atoms with E-state index in [2.05, 4.69) is 48.5 Å². The molecule has 0 saturated heterocycles. The van der Waals surface area contributed by atoms with Crippen molar-refractivity contribution >= 4 is 0 Å². The summed E-state index contributed by atoms with van der Waals surface area (Å²) in [4.78, 5) is 0. The Kier molecular flexibility index (Phi) is 9.10. The highest BCUT2D eigenvalue weighted by Crippen LogP contribution is 2.47. The van der Waals surface area contributed by atoms with Crippen molar-refractivity contribution in [3.8, 4) is 0 Å². The molecule has 5 unspecified atom stereocenters. The van der Waals surface area contributed by atoms with E-state index < -0.39 is 0 Å². The highest BCUT2D eigenvalue weighted by atomic mass is 14.4. The molecule has 132 valence electrons. The topological polar surface area (TPSA) is 0 Å². The second kappa shape index (κ2) is 9.99. The molecule has 0 amide bonds. The fourth-order valence-electron chi connectivity index (χ4n) is 4.61. The first kappa shape index (κ1) is 20.0. The predicted molar refractivity (Wildman–Crippen MR) is 101 cm³/mol. The summed E-state index contributed by atoms with van der Waals surface area (Å²) in [6.07, 6.45) is 11.7. The molecular formula is C22H44. The van der Waals surface area contributed by atoms with Crippen molar-refractivity contribution in [1.29, 1.82) is 0 Å². The van der Waals surface area contributed by atoms with E-state index >= 15 is 0 Å². The van der Waals surface area contributed by atoms with Gasteiger partial charge in [0.05, 0.1) is 0 Å². The molecule has 0 bridgehead atoms. The Morgan fingerprint density at radius 2 is 1.55 bits per heavy atom. The molecule has 1 saturated carbocycles. The molecule has 0 aromatic carbocycles. The number of hydrogen-bond donors (Lipinski definition) is 0. The second-order valence-corrected chi connectivity index (χ2v) is 9.30. The summed E-state index contributed by atoms with van der Waals surface area (Å²) in [5, 5.41) is 0. The molecule has 0 heterocycles. The first-order valence-corrected chi connectivity index (χ1v) is 10.3. The minimum Gasteiger partial charge on any atom is -0.0654 e. The third-order valence-electron chi connectivity index (χ3n) is 6.55. The van der Waals surface area contributed by atoms with Gasteiger partial charge in [-0.1, -0.05) is 67.7 Å². The summed E-state index contributed by atoms with van der Waals surface area (Å²) in [5.41, 5.74) is 0. The molecule has 0 spiro atoms. The zero-order valence-corrected chi connectivity index (χ0v) is 16.7. The van der Waals surface area contributed by atoms with Crippen LogP contribution < -0.4 is 0 Å². The van der Waals surface area contributed by atoms with E-state index in [9.17, 15) is 0 Å². The Morgan fingerprint density at radius 3 is 2.05 bits per heavy atom. The van der Waals surface area contributed by atoms with Crippen molar-refractivity contribution in [2.24, 2.45) is 41.4 Å². The van der Waals surface area contributed by atoms with E-state index in [4.69, 9.17) is 0 Å². The molecule has 0 radical (unpaired) electrons. The molecule has 1 aliphatic rings. The van der Waals surface area contributed by atoms with Gasteiger partial charge in [0.15, 0.2) is 0 Å². The summed E-state index contributed by atoms with van der Waals surface area (Å²) in [5.74, 6) is 6.74. The Balaban J connectivity index is 2.27. The van der Waals surface area contributed by atoms with Crippen molar-refractivity contribution < 1.29 is 0 Å². The van der Waals surface area contributed by atoms with Crippen LogP contribution in [-0.4, -0.2) is 0 Å². The smallest absolute Gasteiger partial charge is 0.0381 e. The molecule has 22 heavy (non-hydrogen) atoms. The van der Waals surface area contributed by atoms with Crippen molar-refractivity contribution in [1.82, 2.24) is 0 Å². The van der Waals surface area contributed by atoms with Crippen LogP contribution in [0.1, 0.15) is 99.8 Å². The maximum atomic E-state index is 2.54. The minimum absolute atomic E-state index is 0.869. The third kappa shape index (κ3) is 6.63. The highest BCUT2D eigenvalue weighted by molar-refractivity contribution is 4.87. The van der Waals surface area contributed by atoms with Crippen LogP contribution in [0.3, 0.4) is 0 Å². The lowest BCUT2D eigenvalue weighted by atomic mass is 9.61. The third-order valence-corrected chi connectivity index (χ3v) is 6.55. The van der Waals surface area contributed by atoms with Crippen LogP contribution in [0.25, 0.3) is 0 Å². The van der Waals surface area contributed by atoms with Gasteiger partial charge in [0.25, 0.3) is 0 Å². The Hall–Kier alpha value is 0. The molecular weight excluding hydrogens is 264 g/mol. The van der Waals surface area contributed by atoms with Gasteiger partial charge in [-0.15, -0.1) is 0 Å². The minimum atomic E-state index is 0.869. The highest BCUT2D eigenvalue weighted by Gasteiger charge is 2.37. The summed E-state index contributed by atoms with van der Waals surface area (Å²) in [7, 11) is 0. The number of hydrogen-bond acceptors (Lipinski definition) is 0. The van der Waals surface area contributed by atoms with Crippen LogP contribution in [0.2, 0.25) is 0 Å². The summed E-state index contributed by atoms with van der Waals surface area (Å²) in [6, 6.07) is 0. The van der Waals surface area contributed by atoms with Gasteiger partial charge in [-0.05, 0) is 73.5 Å². The van der Waals surface area contributed by atoms with Gasteiger partial charge in [-0.3, -0.25) is 0 Å². The van der Waals surface area contributed by atoms with Gasteiger partial charge in [0, 0.05) is 0 Å². The molecule has 5 atom stereocenters. The Morgan fingerprint density at radius 1 is 0.864 bits per heavy atom. The lowest BCUT2D eigenvalue weighted by Crippen LogP contribution is -2.36. The summed E-state index contributed by atoms with van der Waals surface area (Å²) >= 11 is 0. The lowest BCUT2D eigenvalue weighted by Gasteiger charge is -2.45. The van der Waals surface area contributed by atoms with Crippen LogP contribution in [0, 0.1) is 41.4 Å². The van der Waals surface area contributed by atoms with E-state index in [1.807, 2.05) is 0 Å². The van der Waals surface area contributed by atoms with E-state index in [0.717, 1.165) is 41.4 Å². The van der Waals surface area contributed by atoms with Gasteiger partial charge in [0.1, 0.15) is 0 Å². The van der Waals surface area contributed by atoms with Crippen LogP contribution in [0.15, 0.2) is 0 Å². The molecule has 1 rings (SSSR count). The first-order valence-electron chi connectivity index (χ1n) is 10.3. The fourth-order valence-corrected chi connectivity index (χ4v) is 4.61. The van der Waals surface area contributed by atoms with E-state index in [-0.39, 0.29) is 0 Å². The average Bonchev–Trinajstić information content (AvgIpc) is 2.44. The SMILES string of the molecule is CCCC(C)CC1CC(CCC(CCC(C)C)C(C)C)C1C. The van der Waals surface area contributed by atoms with Gasteiger partial charge >= 0.3 is 0 Å². The molecule has 0 aliphatic heterocycles. The molecule has 0 aromatic heterocycles. The maximum Gasteiger partial charge on any atom is -0.0381 e. The van der Waals surface area contributed by atoms with Gasteiger partial charge in [-0.25, -0.2) is 0 Å². The van der Waals surface area contributed by atoms with Crippen LogP contribution in [0.4, 0.5) is 0 Å². The molecule has 0 N–H and O–H groups in total. The zero-order chi connectivity index (χ0) is 16.7. The van der Waals surface area contributed by atoms with Crippen LogP contribution in [-0.2, 0) is 0 Å². The first-order chi connectivity index (χ1) is 10.3. The normalized spacial score (nSPS) is 28.0. The second-order valence-electron chi connectivity index (χ2n) is 9.30. The van der Waals surface area contributed by atoms with Gasteiger partial charge < -0.3 is 0 Å². The quantitative estimate of drug-likeness (QED) is 0.369. The van der Waals surface area contributed by atoms with Crippen molar-refractivity contribution in [3.05, 3.63) is 0 Å². The molecule has 0 aromatic rings. The zero-order valence-electron chi connectivity index (χ0n) is 16.7. The Bertz CT molecular complexity index is 278. The largest absolute Gasteiger partial charge is 0.0654 e. The van der Waals surface area contributed by atoms with Crippen molar-refractivity contribution in [2.45, 2.75) is 99.8 Å². The van der Waals surface area contributed by atoms with Crippen LogP contribution >= 0.6 is 0 Å². The molecule has 1 aliphatic carbocycles. The van der Waals surface area contributed by atoms with Crippen LogP contribution in [0.5, 0.6) is 0 Å². The monoisotopic (exact) mass is 308 g/mol. The number of rotatable bonds is 11. The van der Waals surface area contributed by atoms with E-state index in [1.54, 1.807) is 0 Å².